The SMILES string of the molecule is CCc1nc(C(C)NC(=O)C2(COC)CCNCC2)cs1. The second-order valence-corrected chi connectivity index (χ2v) is 6.62. The number of nitrogens with zero attached hydrogens (tertiary/aromatic N) is 1. The lowest BCUT2D eigenvalue weighted by Gasteiger charge is -2.36. The first kappa shape index (κ1) is 16.4. The molecule has 0 aromatic carbocycles. The normalized spacial score (nSPS) is 19.2. The van der Waals surface area contributed by atoms with Crippen molar-refractivity contribution in [1.29, 1.82) is 0 Å². The molecule has 0 saturated carbocycles. The minimum absolute atomic E-state index is 0.0577. The summed E-state index contributed by atoms with van der Waals surface area (Å²) >= 11 is 1.65. The number of thiazole rings is 1. The summed E-state index contributed by atoms with van der Waals surface area (Å²) < 4.78 is 5.31. The van der Waals surface area contributed by atoms with E-state index in [1.807, 2.05) is 12.3 Å². The fourth-order valence-electron chi connectivity index (χ4n) is 2.73. The van der Waals surface area contributed by atoms with E-state index in [0.717, 1.165) is 43.1 Å². The summed E-state index contributed by atoms with van der Waals surface area (Å²) in [5, 5.41) is 9.58. The van der Waals surface area contributed by atoms with E-state index in [9.17, 15) is 4.79 Å². The Balaban J connectivity index is 2.03. The number of ether oxygens (including phenoxy) is 1. The van der Waals surface area contributed by atoms with Gasteiger partial charge in [0.05, 0.1) is 28.8 Å². The van der Waals surface area contributed by atoms with E-state index < -0.39 is 5.41 Å². The Morgan fingerprint density at radius 1 is 1.57 bits per heavy atom. The number of carbonyl (C=O) groups is 1. The van der Waals surface area contributed by atoms with Gasteiger partial charge < -0.3 is 15.4 Å². The lowest BCUT2D eigenvalue weighted by molar-refractivity contribution is -0.136. The van der Waals surface area contributed by atoms with Crippen molar-refractivity contribution >= 4 is 17.2 Å². The van der Waals surface area contributed by atoms with Gasteiger partial charge in [0, 0.05) is 12.5 Å². The molecule has 0 radical (unpaired) electrons. The van der Waals surface area contributed by atoms with Gasteiger partial charge in [-0.25, -0.2) is 4.98 Å². The van der Waals surface area contributed by atoms with E-state index in [1.165, 1.54) is 0 Å². The third kappa shape index (κ3) is 3.81. The van der Waals surface area contributed by atoms with Gasteiger partial charge in [-0.2, -0.15) is 0 Å². The molecule has 21 heavy (non-hydrogen) atoms. The van der Waals surface area contributed by atoms with E-state index in [-0.39, 0.29) is 11.9 Å². The highest BCUT2D eigenvalue weighted by atomic mass is 32.1. The minimum atomic E-state index is -0.405. The summed E-state index contributed by atoms with van der Waals surface area (Å²) in [7, 11) is 1.66. The molecular weight excluding hydrogens is 286 g/mol. The van der Waals surface area contributed by atoms with Crippen molar-refractivity contribution in [3.8, 4) is 0 Å². The van der Waals surface area contributed by atoms with Crippen LogP contribution in [0.4, 0.5) is 0 Å². The van der Waals surface area contributed by atoms with Crippen molar-refractivity contribution in [1.82, 2.24) is 15.6 Å². The quantitative estimate of drug-likeness (QED) is 0.842. The first-order chi connectivity index (χ1) is 10.1. The van der Waals surface area contributed by atoms with E-state index in [1.54, 1.807) is 18.4 Å². The Bertz CT molecular complexity index is 464. The molecule has 1 aromatic heterocycles. The third-order valence-electron chi connectivity index (χ3n) is 4.13. The maximum Gasteiger partial charge on any atom is 0.229 e. The predicted octanol–water partition coefficient (Wildman–Crippen LogP) is 1.90. The highest BCUT2D eigenvalue weighted by molar-refractivity contribution is 7.09. The molecule has 1 saturated heterocycles. The number of aromatic nitrogens is 1. The lowest BCUT2D eigenvalue weighted by atomic mass is 9.78. The summed E-state index contributed by atoms with van der Waals surface area (Å²) in [6.07, 6.45) is 2.57. The summed E-state index contributed by atoms with van der Waals surface area (Å²) in [4.78, 5) is 17.3. The monoisotopic (exact) mass is 311 g/mol. The first-order valence-corrected chi connectivity index (χ1v) is 8.44. The summed E-state index contributed by atoms with van der Waals surface area (Å²) in [6.45, 7) is 6.29. The van der Waals surface area contributed by atoms with Crippen molar-refractivity contribution < 1.29 is 9.53 Å². The maximum absolute atomic E-state index is 12.7. The number of nitrogens with one attached hydrogen (secondary N) is 2. The average molecular weight is 311 g/mol. The van der Waals surface area contributed by atoms with Crippen molar-refractivity contribution in [2.45, 2.75) is 39.2 Å². The topological polar surface area (TPSA) is 63.2 Å². The molecule has 2 N–H and O–H groups in total. The fourth-order valence-corrected chi connectivity index (χ4v) is 3.57. The number of rotatable bonds is 6. The number of aryl methyl sites for hydroxylation is 1. The van der Waals surface area contributed by atoms with Crippen LogP contribution in [-0.2, 0) is 16.0 Å². The van der Waals surface area contributed by atoms with Gasteiger partial charge in [-0.05, 0) is 39.3 Å². The van der Waals surface area contributed by atoms with Crippen LogP contribution < -0.4 is 10.6 Å². The second kappa shape index (κ2) is 7.33. The number of amides is 1. The Kier molecular flexibility index (Phi) is 5.72. The van der Waals surface area contributed by atoms with Crippen LogP contribution in [0.3, 0.4) is 0 Å². The third-order valence-corrected chi connectivity index (χ3v) is 5.14. The highest BCUT2D eigenvalue weighted by Gasteiger charge is 2.40. The average Bonchev–Trinajstić information content (AvgIpc) is 2.97. The van der Waals surface area contributed by atoms with Crippen LogP contribution >= 0.6 is 11.3 Å². The van der Waals surface area contributed by atoms with Gasteiger partial charge >= 0.3 is 0 Å². The second-order valence-electron chi connectivity index (χ2n) is 5.68. The molecule has 1 atom stereocenters. The molecule has 0 bridgehead atoms. The Hall–Kier alpha value is -0.980. The van der Waals surface area contributed by atoms with E-state index in [4.69, 9.17) is 4.74 Å². The molecule has 0 aliphatic carbocycles. The maximum atomic E-state index is 12.7. The van der Waals surface area contributed by atoms with Crippen LogP contribution in [-0.4, -0.2) is 37.7 Å². The van der Waals surface area contributed by atoms with Gasteiger partial charge in [0.1, 0.15) is 0 Å². The van der Waals surface area contributed by atoms with Crippen LogP contribution in [0.1, 0.15) is 43.4 Å². The van der Waals surface area contributed by atoms with Crippen molar-refractivity contribution in [2.75, 3.05) is 26.8 Å². The van der Waals surface area contributed by atoms with Crippen LogP contribution in [0.5, 0.6) is 0 Å². The van der Waals surface area contributed by atoms with Gasteiger partial charge in [-0.3, -0.25) is 4.79 Å². The Morgan fingerprint density at radius 3 is 2.86 bits per heavy atom. The zero-order valence-corrected chi connectivity index (χ0v) is 13.9. The standard InChI is InChI=1S/C15H25N3O2S/c1-4-13-18-12(9-21-13)11(2)17-14(19)15(10-20-3)5-7-16-8-6-15/h9,11,16H,4-8,10H2,1-3H3,(H,17,19). The van der Waals surface area contributed by atoms with Crippen LogP contribution in [0.2, 0.25) is 0 Å². The van der Waals surface area contributed by atoms with E-state index in [0.29, 0.717) is 6.61 Å². The Morgan fingerprint density at radius 2 is 2.29 bits per heavy atom. The summed E-state index contributed by atoms with van der Waals surface area (Å²) in [5.41, 5.74) is 0.546. The zero-order valence-electron chi connectivity index (χ0n) is 13.1. The van der Waals surface area contributed by atoms with Gasteiger partial charge in [-0.15, -0.1) is 11.3 Å². The molecule has 1 fully saturated rings. The highest BCUT2D eigenvalue weighted by Crippen LogP contribution is 2.30. The van der Waals surface area contributed by atoms with Crippen molar-refractivity contribution in [3.63, 3.8) is 0 Å². The molecule has 118 valence electrons. The molecule has 5 nitrogen and oxygen atoms in total. The molecule has 0 spiro atoms. The van der Waals surface area contributed by atoms with Crippen molar-refractivity contribution in [3.05, 3.63) is 16.1 Å². The minimum Gasteiger partial charge on any atom is -0.384 e. The molecule has 2 heterocycles. The van der Waals surface area contributed by atoms with Crippen LogP contribution in [0.25, 0.3) is 0 Å². The largest absolute Gasteiger partial charge is 0.384 e. The van der Waals surface area contributed by atoms with Crippen LogP contribution in [0.15, 0.2) is 5.38 Å². The van der Waals surface area contributed by atoms with E-state index in [2.05, 4.69) is 22.5 Å². The summed E-state index contributed by atoms with van der Waals surface area (Å²) in [6, 6.07) is -0.0577. The number of piperidine rings is 1. The fraction of sp³-hybridized carbons (Fsp3) is 0.733. The Labute approximate surface area is 130 Å². The van der Waals surface area contributed by atoms with Gasteiger partial charge in [0.25, 0.3) is 0 Å². The molecule has 2 rings (SSSR count). The van der Waals surface area contributed by atoms with Gasteiger partial charge in [0.15, 0.2) is 0 Å². The molecule has 1 aromatic rings. The van der Waals surface area contributed by atoms with Gasteiger partial charge in [0.2, 0.25) is 5.91 Å². The number of carbonyl (C=O) groups excluding carboxylic acids is 1. The molecule has 1 unspecified atom stereocenters. The summed E-state index contributed by atoms with van der Waals surface area (Å²) in [5.74, 6) is 0.0874. The molecule has 1 aliphatic heterocycles. The number of hydrogen-bond donors (Lipinski definition) is 2. The molecule has 1 aliphatic rings. The molecule has 1 amide bonds. The zero-order chi connectivity index (χ0) is 15.3. The van der Waals surface area contributed by atoms with Crippen LogP contribution in [0, 0.1) is 5.41 Å². The lowest BCUT2D eigenvalue weighted by Crippen LogP contribution is -2.50. The molecule has 6 heteroatoms. The molecular formula is C15H25N3O2S. The number of methoxy groups -OCH3 is 1. The van der Waals surface area contributed by atoms with E-state index >= 15 is 0 Å². The predicted molar refractivity (Wildman–Crippen MR) is 84.5 cm³/mol. The van der Waals surface area contributed by atoms with Crippen molar-refractivity contribution in [2.24, 2.45) is 5.41 Å². The number of hydrogen-bond acceptors (Lipinski definition) is 5. The van der Waals surface area contributed by atoms with Gasteiger partial charge in [-0.1, -0.05) is 6.92 Å². The first-order valence-electron chi connectivity index (χ1n) is 7.56. The smallest absolute Gasteiger partial charge is 0.229 e.